The summed E-state index contributed by atoms with van der Waals surface area (Å²) in [6.45, 7) is 1.78. The van der Waals surface area contributed by atoms with E-state index in [1.165, 1.54) is 6.21 Å². The molecule has 3 aromatic rings. The highest BCUT2D eigenvalue weighted by atomic mass is 35.5. The highest BCUT2D eigenvalue weighted by Crippen LogP contribution is 2.30. The van der Waals surface area contributed by atoms with E-state index < -0.39 is 0 Å². The van der Waals surface area contributed by atoms with Gasteiger partial charge in [-0.1, -0.05) is 40.5 Å². The number of nitrogens with zero attached hydrogens (tertiary/aromatic N) is 2. The van der Waals surface area contributed by atoms with E-state index in [2.05, 4.69) is 15.7 Å². The number of benzene rings is 2. The SMILES string of the molecule is Cc1ccc(OCC(=O)N/N=C/c2ccc(Cl)cc2)c(-c2ccno2)c1. The van der Waals surface area contributed by atoms with Crippen molar-refractivity contribution >= 4 is 23.7 Å². The molecule has 0 atom stereocenters. The standard InChI is InChI=1S/C19H16ClN3O3/c1-13-2-7-17(16(10-13)18-8-9-22-26-18)25-12-19(24)23-21-11-14-3-5-15(20)6-4-14/h2-11H,12H2,1H3,(H,23,24)/b21-11+. The molecule has 0 aliphatic rings. The predicted molar refractivity (Wildman–Crippen MR) is 99.4 cm³/mol. The Balaban J connectivity index is 1.59. The quantitative estimate of drug-likeness (QED) is 0.529. The number of aromatic nitrogens is 1. The Morgan fingerprint density at radius 1 is 1.27 bits per heavy atom. The van der Waals surface area contributed by atoms with E-state index in [-0.39, 0.29) is 12.5 Å². The Kier molecular flexibility index (Phi) is 5.66. The molecule has 26 heavy (non-hydrogen) atoms. The van der Waals surface area contributed by atoms with Gasteiger partial charge in [-0.05, 0) is 36.8 Å². The molecule has 6 nitrogen and oxygen atoms in total. The van der Waals surface area contributed by atoms with Crippen molar-refractivity contribution in [1.29, 1.82) is 0 Å². The number of hydrogen-bond acceptors (Lipinski definition) is 5. The maximum absolute atomic E-state index is 11.9. The summed E-state index contributed by atoms with van der Waals surface area (Å²) in [6, 6.07) is 14.4. The van der Waals surface area contributed by atoms with Crippen LogP contribution in [0.15, 0.2) is 64.4 Å². The fourth-order valence-corrected chi connectivity index (χ4v) is 2.35. The molecule has 1 heterocycles. The molecule has 1 amide bonds. The second-order valence-electron chi connectivity index (χ2n) is 5.51. The number of amides is 1. The highest BCUT2D eigenvalue weighted by molar-refractivity contribution is 6.30. The molecule has 0 radical (unpaired) electrons. The molecule has 2 aromatic carbocycles. The second-order valence-corrected chi connectivity index (χ2v) is 5.95. The van der Waals surface area contributed by atoms with Gasteiger partial charge < -0.3 is 9.26 Å². The van der Waals surface area contributed by atoms with Crippen LogP contribution in [0.3, 0.4) is 0 Å². The van der Waals surface area contributed by atoms with Crippen molar-refractivity contribution in [3.05, 3.63) is 70.9 Å². The van der Waals surface area contributed by atoms with Crippen molar-refractivity contribution in [1.82, 2.24) is 10.6 Å². The van der Waals surface area contributed by atoms with Gasteiger partial charge in [0.1, 0.15) is 5.75 Å². The second kappa shape index (κ2) is 8.31. The molecule has 1 aromatic heterocycles. The van der Waals surface area contributed by atoms with Gasteiger partial charge in [-0.15, -0.1) is 0 Å². The summed E-state index contributed by atoms with van der Waals surface area (Å²) >= 11 is 5.81. The first-order valence-corrected chi connectivity index (χ1v) is 8.21. The van der Waals surface area contributed by atoms with Crippen molar-refractivity contribution in [2.45, 2.75) is 6.92 Å². The van der Waals surface area contributed by atoms with Crippen molar-refractivity contribution in [2.24, 2.45) is 5.10 Å². The van der Waals surface area contributed by atoms with E-state index in [1.54, 1.807) is 42.6 Å². The maximum Gasteiger partial charge on any atom is 0.277 e. The van der Waals surface area contributed by atoms with Gasteiger partial charge in [0.25, 0.3) is 5.91 Å². The van der Waals surface area contributed by atoms with Crippen LogP contribution in [0.2, 0.25) is 5.02 Å². The number of carbonyl (C=O) groups excluding carboxylic acids is 1. The molecule has 0 fully saturated rings. The fraction of sp³-hybridized carbons (Fsp3) is 0.105. The van der Waals surface area contributed by atoms with Crippen molar-refractivity contribution in [3.63, 3.8) is 0 Å². The summed E-state index contributed by atoms with van der Waals surface area (Å²) in [7, 11) is 0. The molecule has 0 spiro atoms. The number of nitrogens with one attached hydrogen (secondary N) is 1. The minimum Gasteiger partial charge on any atom is -0.483 e. The Labute approximate surface area is 155 Å². The molecule has 0 bridgehead atoms. The van der Waals surface area contributed by atoms with Crippen LogP contribution in [0, 0.1) is 6.92 Å². The first-order valence-electron chi connectivity index (χ1n) is 7.84. The van der Waals surface area contributed by atoms with E-state index in [9.17, 15) is 4.79 Å². The summed E-state index contributed by atoms with van der Waals surface area (Å²) in [6.07, 6.45) is 3.08. The van der Waals surface area contributed by atoms with Crippen LogP contribution < -0.4 is 10.2 Å². The number of ether oxygens (including phenoxy) is 1. The average Bonchev–Trinajstić information content (AvgIpc) is 3.17. The van der Waals surface area contributed by atoms with E-state index in [0.717, 1.165) is 16.7 Å². The predicted octanol–water partition coefficient (Wildman–Crippen LogP) is 3.83. The van der Waals surface area contributed by atoms with Gasteiger partial charge in [-0.25, -0.2) is 5.43 Å². The number of aryl methyl sites for hydroxylation is 1. The Bertz CT molecular complexity index is 906. The molecule has 0 saturated heterocycles. The Hall–Kier alpha value is -3.12. The minimum absolute atomic E-state index is 0.178. The summed E-state index contributed by atoms with van der Waals surface area (Å²) in [5, 5.41) is 8.23. The van der Waals surface area contributed by atoms with Gasteiger partial charge in [0.05, 0.1) is 18.0 Å². The zero-order valence-electron chi connectivity index (χ0n) is 14.0. The Morgan fingerprint density at radius 2 is 2.08 bits per heavy atom. The number of halogens is 1. The zero-order valence-corrected chi connectivity index (χ0v) is 14.7. The third kappa shape index (κ3) is 4.70. The van der Waals surface area contributed by atoms with Crippen LogP contribution in [-0.4, -0.2) is 23.9 Å². The van der Waals surface area contributed by atoms with E-state index in [1.807, 2.05) is 19.1 Å². The van der Waals surface area contributed by atoms with E-state index >= 15 is 0 Å². The number of hydrogen-bond donors (Lipinski definition) is 1. The molecule has 0 saturated carbocycles. The van der Waals surface area contributed by atoms with E-state index in [0.29, 0.717) is 16.5 Å². The normalized spacial score (nSPS) is 10.8. The number of carbonyl (C=O) groups is 1. The van der Waals surface area contributed by atoms with Gasteiger partial charge in [-0.2, -0.15) is 5.10 Å². The summed E-state index contributed by atoms with van der Waals surface area (Å²) in [4.78, 5) is 11.9. The lowest BCUT2D eigenvalue weighted by Crippen LogP contribution is -2.24. The first-order chi connectivity index (χ1) is 12.6. The largest absolute Gasteiger partial charge is 0.483 e. The van der Waals surface area contributed by atoms with Gasteiger partial charge in [-0.3, -0.25) is 4.79 Å². The molecule has 0 aliphatic heterocycles. The van der Waals surface area contributed by atoms with Crippen LogP contribution in [0.25, 0.3) is 11.3 Å². The summed E-state index contributed by atoms with van der Waals surface area (Å²) in [5.41, 5.74) is 5.02. The summed E-state index contributed by atoms with van der Waals surface area (Å²) < 4.78 is 10.8. The van der Waals surface area contributed by atoms with Gasteiger partial charge in [0.15, 0.2) is 12.4 Å². The molecule has 0 unspecified atom stereocenters. The van der Waals surface area contributed by atoms with Crippen molar-refractivity contribution in [3.8, 4) is 17.1 Å². The monoisotopic (exact) mass is 369 g/mol. The summed E-state index contributed by atoms with van der Waals surface area (Å²) in [5.74, 6) is 0.730. The highest BCUT2D eigenvalue weighted by Gasteiger charge is 2.11. The van der Waals surface area contributed by atoms with Crippen LogP contribution in [0.5, 0.6) is 5.75 Å². The fourth-order valence-electron chi connectivity index (χ4n) is 2.22. The lowest BCUT2D eigenvalue weighted by Gasteiger charge is -2.09. The minimum atomic E-state index is -0.376. The van der Waals surface area contributed by atoms with Crippen molar-refractivity contribution in [2.75, 3.05) is 6.61 Å². The molecular formula is C19H16ClN3O3. The lowest BCUT2D eigenvalue weighted by molar-refractivity contribution is -0.123. The molecular weight excluding hydrogens is 354 g/mol. The molecule has 132 valence electrons. The molecule has 1 N–H and O–H groups in total. The molecule has 3 rings (SSSR count). The molecule has 7 heteroatoms. The third-order valence-electron chi connectivity index (χ3n) is 3.47. The zero-order chi connectivity index (χ0) is 18.4. The van der Waals surface area contributed by atoms with Crippen molar-refractivity contribution < 1.29 is 14.1 Å². The van der Waals surface area contributed by atoms with Gasteiger partial charge in [0.2, 0.25) is 0 Å². The lowest BCUT2D eigenvalue weighted by atomic mass is 10.1. The van der Waals surface area contributed by atoms with Crippen LogP contribution in [0.4, 0.5) is 0 Å². The van der Waals surface area contributed by atoms with E-state index in [4.69, 9.17) is 20.9 Å². The maximum atomic E-state index is 11.9. The van der Waals surface area contributed by atoms with Gasteiger partial charge >= 0.3 is 0 Å². The smallest absolute Gasteiger partial charge is 0.277 e. The third-order valence-corrected chi connectivity index (χ3v) is 3.72. The van der Waals surface area contributed by atoms with Crippen LogP contribution in [-0.2, 0) is 4.79 Å². The van der Waals surface area contributed by atoms with Crippen LogP contribution in [0.1, 0.15) is 11.1 Å². The average molecular weight is 370 g/mol. The number of hydrazone groups is 1. The molecule has 0 aliphatic carbocycles. The number of rotatable bonds is 6. The topological polar surface area (TPSA) is 76.7 Å². The van der Waals surface area contributed by atoms with Gasteiger partial charge in [0, 0.05) is 11.1 Å². The Morgan fingerprint density at radius 3 is 2.81 bits per heavy atom. The first kappa shape index (κ1) is 17.7. The van der Waals surface area contributed by atoms with Crippen LogP contribution >= 0.6 is 11.6 Å².